The van der Waals surface area contributed by atoms with Crippen LogP contribution < -0.4 is 0 Å². The van der Waals surface area contributed by atoms with Gasteiger partial charge in [-0.25, -0.2) is 5.01 Å². The maximum absolute atomic E-state index is 9.03. The van der Waals surface area contributed by atoms with E-state index in [1.165, 1.54) is 5.17 Å². The number of hydrogen-bond donors (Lipinski definition) is 1. The van der Waals surface area contributed by atoms with Gasteiger partial charge in [0.05, 0.1) is 0 Å². The van der Waals surface area contributed by atoms with E-state index in [1.54, 1.807) is 6.08 Å². The topological polar surface area (TPSA) is 26.7 Å². The largest absolute Gasteiger partial charge is 0.299 e. The van der Waals surface area contributed by atoms with Gasteiger partial charge in [0.15, 0.2) is 0 Å². The molecule has 52 valence electrons. The third kappa shape index (κ3) is 1.51. The van der Waals surface area contributed by atoms with Crippen LogP contribution in [0.15, 0.2) is 12.7 Å². The van der Waals surface area contributed by atoms with Gasteiger partial charge in [-0.15, -0.1) is 11.8 Å². The average molecular weight is 128 g/mol. The highest BCUT2D eigenvalue weighted by molar-refractivity contribution is 4.73. The number of rotatable bonds is 2. The summed E-state index contributed by atoms with van der Waals surface area (Å²) in [4.78, 5) is 0. The van der Waals surface area contributed by atoms with Gasteiger partial charge in [0.2, 0.25) is 0 Å². The van der Waals surface area contributed by atoms with E-state index in [0.717, 1.165) is 26.1 Å². The molecule has 1 aliphatic rings. The molecule has 3 heteroatoms. The lowest BCUT2D eigenvalue weighted by Crippen LogP contribution is -2.33. The van der Waals surface area contributed by atoms with Gasteiger partial charge in [0, 0.05) is 19.6 Å². The fourth-order valence-electron chi connectivity index (χ4n) is 0.986. The SMILES string of the molecule is C=CCN1CCCN1O. The van der Waals surface area contributed by atoms with Gasteiger partial charge in [-0.05, 0) is 6.42 Å². The van der Waals surface area contributed by atoms with Crippen LogP contribution in [0.5, 0.6) is 0 Å². The molecule has 1 aliphatic heterocycles. The van der Waals surface area contributed by atoms with E-state index >= 15 is 0 Å². The number of hydroxylamine groups is 1. The van der Waals surface area contributed by atoms with E-state index in [0.29, 0.717) is 0 Å². The fourth-order valence-corrected chi connectivity index (χ4v) is 0.986. The summed E-state index contributed by atoms with van der Waals surface area (Å²) in [6.45, 7) is 6.03. The molecule has 1 heterocycles. The van der Waals surface area contributed by atoms with Gasteiger partial charge in [-0.2, -0.15) is 0 Å². The molecule has 0 amide bonds. The molecule has 0 aliphatic carbocycles. The Morgan fingerprint density at radius 3 is 2.78 bits per heavy atom. The van der Waals surface area contributed by atoms with Crippen molar-refractivity contribution in [1.29, 1.82) is 0 Å². The van der Waals surface area contributed by atoms with Crippen LogP contribution in [0.2, 0.25) is 0 Å². The third-order valence-electron chi connectivity index (χ3n) is 1.44. The summed E-state index contributed by atoms with van der Waals surface area (Å²) in [6, 6.07) is 0. The summed E-state index contributed by atoms with van der Waals surface area (Å²) in [7, 11) is 0. The third-order valence-corrected chi connectivity index (χ3v) is 1.44. The Hall–Kier alpha value is -0.380. The van der Waals surface area contributed by atoms with Crippen molar-refractivity contribution in [1.82, 2.24) is 10.2 Å². The minimum absolute atomic E-state index is 0.747. The zero-order chi connectivity index (χ0) is 6.69. The highest BCUT2D eigenvalue weighted by atomic mass is 16.6. The van der Waals surface area contributed by atoms with Crippen LogP contribution in [0.4, 0.5) is 0 Å². The summed E-state index contributed by atoms with van der Waals surface area (Å²) < 4.78 is 0. The van der Waals surface area contributed by atoms with Crippen LogP contribution in [0.25, 0.3) is 0 Å². The van der Waals surface area contributed by atoms with Crippen molar-refractivity contribution in [2.45, 2.75) is 6.42 Å². The molecule has 3 nitrogen and oxygen atoms in total. The molecule has 0 unspecified atom stereocenters. The van der Waals surface area contributed by atoms with Crippen LogP contribution in [0, 0.1) is 0 Å². The Bertz CT molecular complexity index is 105. The molecule has 1 saturated heterocycles. The van der Waals surface area contributed by atoms with Gasteiger partial charge in [-0.1, -0.05) is 6.08 Å². The minimum atomic E-state index is 0.747. The van der Waals surface area contributed by atoms with Crippen molar-refractivity contribution in [3.05, 3.63) is 12.7 Å². The quantitative estimate of drug-likeness (QED) is 0.548. The average Bonchev–Trinajstić information content (AvgIpc) is 2.18. The van der Waals surface area contributed by atoms with Gasteiger partial charge in [0.25, 0.3) is 0 Å². The van der Waals surface area contributed by atoms with E-state index in [-0.39, 0.29) is 0 Å². The lowest BCUT2D eigenvalue weighted by molar-refractivity contribution is -0.211. The number of hydrogen-bond acceptors (Lipinski definition) is 3. The van der Waals surface area contributed by atoms with Gasteiger partial charge in [-0.3, -0.25) is 5.21 Å². The highest BCUT2D eigenvalue weighted by Gasteiger charge is 2.17. The summed E-state index contributed by atoms with van der Waals surface area (Å²) in [5.74, 6) is 0. The monoisotopic (exact) mass is 128 g/mol. The Balaban J connectivity index is 2.30. The molecule has 1 N–H and O–H groups in total. The lowest BCUT2D eigenvalue weighted by atomic mass is 10.4. The molecular formula is C6H12N2O. The predicted molar refractivity (Wildman–Crippen MR) is 34.9 cm³/mol. The van der Waals surface area contributed by atoms with E-state index in [1.807, 2.05) is 5.01 Å². The first kappa shape index (κ1) is 6.74. The van der Waals surface area contributed by atoms with E-state index in [2.05, 4.69) is 6.58 Å². The van der Waals surface area contributed by atoms with Crippen LogP contribution >= 0.6 is 0 Å². The van der Waals surface area contributed by atoms with Gasteiger partial charge >= 0.3 is 0 Å². The molecule has 0 bridgehead atoms. The van der Waals surface area contributed by atoms with Crippen molar-refractivity contribution in [2.75, 3.05) is 19.6 Å². The van der Waals surface area contributed by atoms with Gasteiger partial charge < -0.3 is 0 Å². The smallest absolute Gasteiger partial charge is 0.0414 e. The summed E-state index contributed by atoms with van der Waals surface area (Å²) >= 11 is 0. The van der Waals surface area contributed by atoms with Crippen LogP contribution in [-0.4, -0.2) is 35.0 Å². The maximum Gasteiger partial charge on any atom is 0.0414 e. The molecule has 9 heavy (non-hydrogen) atoms. The Morgan fingerprint density at radius 2 is 2.33 bits per heavy atom. The number of nitrogens with zero attached hydrogens (tertiary/aromatic N) is 2. The van der Waals surface area contributed by atoms with E-state index < -0.39 is 0 Å². The standard InChI is InChI=1S/C6H12N2O/c1-2-4-7-5-3-6-8(7)9/h2,9H,1,3-6H2. The van der Waals surface area contributed by atoms with Crippen LogP contribution in [0.3, 0.4) is 0 Å². The maximum atomic E-state index is 9.03. The summed E-state index contributed by atoms with van der Waals surface area (Å²) in [5, 5.41) is 12.1. The first-order valence-electron chi connectivity index (χ1n) is 3.17. The first-order valence-corrected chi connectivity index (χ1v) is 3.17. The normalized spacial score (nSPS) is 22.8. The van der Waals surface area contributed by atoms with E-state index in [4.69, 9.17) is 5.21 Å². The molecule has 0 spiro atoms. The zero-order valence-corrected chi connectivity index (χ0v) is 5.45. The Labute approximate surface area is 55.1 Å². The predicted octanol–water partition coefficient (Wildman–Crippen LogP) is 0.484. The molecule has 0 radical (unpaired) electrons. The molecule has 1 rings (SSSR count). The molecule has 1 fully saturated rings. The van der Waals surface area contributed by atoms with Crippen molar-refractivity contribution >= 4 is 0 Å². The van der Waals surface area contributed by atoms with Crippen molar-refractivity contribution in [3.63, 3.8) is 0 Å². The fraction of sp³-hybridized carbons (Fsp3) is 0.667. The lowest BCUT2D eigenvalue weighted by Gasteiger charge is -2.19. The molecule has 0 aromatic carbocycles. The molecule has 0 aromatic heterocycles. The van der Waals surface area contributed by atoms with E-state index in [9.17, 15) is 0 Å². The zero-order valence-electron chi connectivity index (χ0n) is 5.45. The molecule has 0 aromatic rings. The first-order chi connectivity index (χ1) is 4.34. The molecular weight excluding hydrogens is 116 g/mol. The Kier molecular flexibility index (Phi) is 2.22. The highest BCUT2D eigenvalue weighted by Crippen LogP contribution is 2.05. The molecule has 0 saturated carbocycles. The summed E-state index contributed by atoms with van der Waals surface area (Å²) in [6.07, 6.45) is 2.83. The van der Waals surface area contributed by atoms with Crippen molar-refractivity contribution in [2.24, 2.45) is 0 Å². The molecule has 0 atom stereocenters. The van der Waals surface area contributed by atoms with Crippen LogP contribution in [0.1, 0.15) is 6.42 Å². The van der Waals surface area contributed by atoms with Crippen molar-refractivity contribution < 1.29 is 5.21 Å². The Morgan fingerprint density at radius 1 is 1.56 bits per heavy atom. The summed E-state index contributed by atoms with van der Waals surface area (Å²) in [5.41, 5.74) is 0. The van der Waals surface area contributed by atoms with Crippen LogP contribution in [-0.2, 0) is 0 Å². The minimum Gasteiger partial charge on any atom is -0.299 e. The second-order valence-electron chi connectivity index (χ2n) is 2.15. The second kappa shape index (κ2) is 2.96. The second-order valence-corrected chi connectivity index (χ2v) is 2.15. The number of hydrazine groups is 1. The van der Waals surface area contributed by atoms with Gasteiger partial charge in [0.1, 0.15) is 0 Å². The van der Waals surface area contributed by atoms with Crippen molar-refractivity contribution in [3.8, 4) is 0 Å².